The summed E-state index contributed by atoms with van der Waals surface area (Å²) in [5.41, 5.74) is 1.32. The van der Waals surface area contributed by atoms with Crippen molar-refractivity contribution < 1.29 is 19.1 Å². The second-order valence-electron chi connectivity index (χ2n) is 5.48. The van der Waals surface area contributed by atoms with Crippen LogP contribution in [0.5, 0.6) is 5.75 Å². The van der Waals surface area contributed by atoms with Crippen LogP contribution >= 0.6 is 0 Å². The molecular formula is C20H24N2O4. The van der Waals surface area contributed by atoms with E-state index in [9.17, 15) is 9.59 Å². The van der Waals surface area contributed by atoms with Crippen LogP contribution < -0.4 is 15.0 Å². The highest BCUT2D eigenvalue weighted by Gasteiger charge is 2.18. The minimum absolute atomic E-state index is 0.101. The van der Waals surface area contributed by atoms with Crippen molar-refractivity contribution >= 4 is 23.4 Å². The number of carbonyl (C=O) groups is 2. The van der Waals surface area contributed by atoms with E-state index in [-0.39, 0.29) is 5.91 Å². The van der Waals surface area contributed by atoms with E-state index in [1.165, 1.54) is 4.90 Å². The molecule has 1 N–H and O–H groups in total. The molecule has 6 nitrogen and oxygen atoms in total. The first-order valence-corrected chi connectivity index (χ1v) is 8.66. The topological polar surface area (TPSA) is 67.9 Å². The minimum Gasteiger partial charge on any atom is -0.410 e. The molecule has 0 saturated carbocycles. The minimum atomic E-state index is -0.505. The average molecular weight is 356 g/mol. The van der Waals surface area contributed by atoms with Gasteiger partial charge >= 0.3 is 6.09 Å². The SMILES string of the molecule is CCOCCN(C(=O)Oc1cccc(NC(=O)CC)c1)c1ccccc1. The second-order valence-corrected chi connectivity index (χ2v) is 5.48. The standard InChI is InChI=1S/C20H24N2O4/c1-3-19(23)21-16-9-8-12-18(15-16)26-20(24)22(13-14-25-4-2)17-10-6-5-7-11-17/h5-12,15H,3-4,13-14H2,1-2H3,(H,21,23). The highest BCUT2D eigenvalue weighted by Crippen LogP contribution is 2.20. The maximum atomic E-state index is 12.7. The Hall–Kier alpha value is -2.86. The summed E-state index contributed by atoms with van der Waals surface area (Å²) in [4.78, 5) is 25.7. The zero-order valence-corrected chi connectivity index (χ0v) is 15.1. The van der Waals surface area contributed by atoms with Gasteiger partial charge in [-0.1, -0.05) is 31.2 Å². The summed E-state index contributed by atoms with van der Waals surface area (Å²) in [5.74, 6) is 0.261. The molecule has 6 heteroatoms. The van der Waals surface area contributed by atoms with Crippen LogP contribution in [0.4, 0.5) is 16.2 Å². The van der Waals surface area contributed by atoms with Gasteiger partial charge in [0.15, 0.2) is 0 Å². The molecular weight excluding hydrogens is 332 g/mol. The summed E-state index contributed by atoms with van der Waals surface area (Å²) < 4.78 is 10.9. The number of nitrogens with one attached hydrogen (secondary N) is 1. The summed E-state index contributed by atoms with van der Waals surface area (Å²) in [7, 11) is 0. The number of hydrogen-bond donors (Lipinski definition) is 1. The fourth-order valence-electron chi connectivity index (χ4n) is 2.28. The first-order valence-electron chi connectivity index (χ1n) is 8.66. The van der Waals surface area contributed by atoms with Gasteiger partial charge < -0.3 is 14.8 Å². The molecule has 138 valence electrons. The third-order valence-corrected chi connectivity index (χ3v) is 3.60. The molecule has 2 rings (SSSR count). The Balaban J connectivity index is 2.11. The number of benzene rings is 2. The van der Waals surface area contributed by atoms with Crippen molar-refractivity contribution in [2.45, 2.75) is 20.3 Å². The van der Waals surface area contributed by atoms with Gasteiger partial charge in [0.1, 0.15) is 5.75 Å². The maximum Gasteiger partial charge on any atom is 0.419 e. The molecule has 0 aliphatic heterocycles. The first-order chi connectivity index (χ1) is 12.6. The summed E-state index contributed by atoms with van der Waals surface area (Å²) in [6, 6.07) is 16.0. The lowest BCUT2D eigenvalue weighted by Crippen LogP contribution is -2.36. The van der Waals surface area contributed by atoms with Crippen LogP contribution in [-0.2, 0) is 9.53 Å². The van der Waals surface area contributed by atoms with Gasteiger partial charge in [-0.25, -0.2) is 4.79 Å². The van der Waals surface area contributed by atoms with Gasteiger partial charge in [0.2, 0.25) is 5.91 Å². The lowest BCUT2D eigenvalue weighted by molar-refractivity contribution is -0.115. The molecule has 0 aliphatic rings. The monoisotopic (exact) mass is 356 g/mol. The second kappa shape index (κ2) is 10.2. The van der Waals surface area contributed by atoms with Crippen molar-refractivity contribution in [1.29, 1.82) is 0 Å². The van der Waals surface area contributed by atoms with E-state index in [4.69, 9.17) is 9.47 Å². The average Bonchev–Trinajstić information content (AvgIpc) is 2.66. The van der Waals surface area contributed by atoms with Crippen molar-refractivity contribution in [3.8, 4) is 5.75 Å². The molecule has 2 aromatic rings. The summed E-state index contributed by atoms with van der Waals surface area (Å²) in [6.07, 6.45) is -0.127. The van der Waals surface area contributed by atoms with Gasteiger partial charge in [-0.3, -0.25) is 9.69 Å². The Labute approximate surface area is 153 Å². The molecule has 0 spiro atoms. The third-order valence-electron chi connectivity index (χ3n) is 3.60. The molecule has 0 atom stereocenters. The van der Waals surface area contributed by atoms with Gasteiger partial charge in [-0.2, -0.15) is 0 Å². The van der Waals surface area contributed by atoms with E-state index in [1.807, 2.05) is 37.3 Å². The van der Waals surface area contributed by atoms with Gasteiger partial charge in [-0.05, 0) is 31.2 Å². The quantitative estimate of drug-likeness (QED) is 0.724. The number of rotatable bonds is 8. The summed E-state index contributed by atoms with van der Waals surface area (Å²) >= 11 is 0. The van der Waals surface area contributed by atoms with E-state index < -0.39 is 6.09 Å². The fraction of sp³-hybridized carbons (Fsp3) is 0.300. The smallest absolute Gasteiger partial charge is 0.410 e. The van der Waals surface area contributed by atoms with Gasteiger partial charge in [0, 0.05) is 30.5 Å². The van der Waals surface area contributed by atoms with Crippen LogP contribution in [0.3, 0.4) is 0 Å². The van der Waals surface area contributed by atoms with Crippen LogP contribution in [0.15, 0.2) is 54.6 Å². The van der Waals surface area contributed by atoms with Crippen molar-refractivity contribution in [2.75, 3.05) is 30.0 Å². The number of hydrogen-bond acceptors (Lipinski definition) is 4. The van der Waals surface area contributed by atoms with E-state index in [2.05, 4.69) is 5.32 Å². The molecule has 0 bridgehead atoms. The molecule has 2 amide bonds. The Bertz CT molecular complexity index is 719. The molecule has 2 aromatic carbocycles. The number of para-hydroxylation sites is 1. The van der Waals surface area contributed by atoms with Crippen LogP contribution in [0.2, 0.25) is 0 Å². The maximum absolute atomic E-state index is 12.7. The first kappa shape index (κ1) is 19.5. The van der Waals surface area contributed by atoms with Gasteiger partial charge in [-0.15, -0.1) is 0 Å². The zero-order chi connectivity index (χ0) is 18.8. The van der Waals surface area contributed by atoms with Crippen molar-refractivity contribution in [3.05, 3.63) is 54.6 Å². The zero-order valence-electron chi connectivity index (χ0n) is 15.1. The van der Waals surface area contributed by atoms with Gasteiger partial charge in [0.25, 0.3) is 0 Å². The molecule has 0 unspecified atom stereocenters. The molecule has 26 heavy (non-hydrogen) atoms. The number of anilines is 2. The normalized spacial score (nSPS) is 10.2. The highest BCUT2D eigenvalue weighted by molar-refractivity contribution is 5.91. The largest absolute Gasteiger partial charge is 0.419 e. The molecule has 0 aromatic heterocycles. The molecule has 0 radical (unpaired) electrons. The highest BCUT2D eigenvalue weighted by atomic mass is 16.6. The number of carbonyl (C=O) groups excluding carboxylic acids is 2. The molecule has 0 saturated heterocycles. The van der Waals surface area contributed by atoms with Crippen LogP contribution in [-0.4, -0.2) is 31.8 Å². The Morgan fingerprint density at radius 2 is 1.81 bits per heavy atom. The molecule has 0 heterocycles. The van der Waals surface area contributed by atoms with Crippen molar-refractivity contribution in [1.82, 2.24) is 0 Å². The number of amides is 2. The molecule has 0 fully saturated rings. The lowest BCUT2D eigenvalue weighted by atomic mass is 10.3. The van der Waals surface area contributed by atoms with E-state index in [0.717, 1.165) is 5.69 Å². The van der Waals surface area contributed by atoms with Crippen molar-refractivity contribution in [2.24, 2.45) is 0 Å². The van der Waals surface area contributed by atoms with Crippen LogP contribution in [0, 0.1) is 0 Å². The predicted molar refractivity (Wildman–Crippen MR) is 102 cm³/mol. The van der Waals surface area contributed by atoms with Crippen LogP contribution in [0.1, 0.15) is 20.3 Å². The Morgan fingerprint density at radius 3 is 2.50 bits per heavy atom. The summed E-state index contributed by atoms with van der Waals surface area (Å²) in [5, 5.41) is 2.74. The number of nitrogens with zero attached hydrogens (tertiary/aromatic N) is 1. The van der Waals surface area contributed by atoms with E-state index in [0.29, 0.717) is 37.6 Å². The van der Waals surface area contributed by atoms with Crippen molar-refractivity contribution in [3.63, 3.8) is 0 Å². The van der Waals surface area contributed by atoms with E-state index >= 15 is 0 Å². The van der Waals surface area contributed by atoms with Crippen LogP contribution in [0.25, 0.3) is 0 Å². The predicted octanol–water partition coefficient (Wildman–Crippen LogP) is 4.08. The molecule has 0 aliphatic carbocycles. The summed E-state index contributed by atoms with van der Waals surface area (Å²) in [6.45, 7) is 5.05. The number of ether oxygens (including phenoxy) is 2. The lowest BCUT2D eigenvalue weighted by Gasteiger charge is -2.22. The van der Waals surface area contributed by atoms with Gasteiger partial charge in [0.05, 0.1) is 13.2 Å². The fourth-order valence-corrected chi connectivity index (χ4v) is 2.28. The Kier molecular flexibility index (Phi) is 7.64. The Morgan fingerprint density at radius 1 is 1.04 bits per heavy atom. The van der Waals surface area contributed by atoms with E-state index in [1.54, 1.807) is 31.2 Å². The third kappa shape index (κ3) is 5.89.